The maximum absolute atomic E-state index is 13.7. The summed E-state index contributed by atoms with van der Waals surface area (Å²) in [6, 6.07) is 14.5. The fourth-order valence-corrected chi connectivity index (χ4v) is 6.27. The normalized spacial score (nSPS) is 20.8. The van der Waals surface area contributed by atoms with Crippen molar-refractivity contribution in [3.63, 3.8) is 0 Å². The van der Waals surface area contributed by atoms with E-state index in [0.717, 1.165) is 18.4 Å². The van der Waals surface area contributed by atoms with Gasteiger partial charge in [-0.2, -0.15) is 0 Å². The minimum absolute atomic E-state index is 0.0732. The van der Waals surface area contributed by atoms with E-state index in [1.165, 1.54) is 22.6 Å². The standard InChI is InChI=1S/C26H27N3O5S/c1-26(2)24(30)23(28-25(31)18-8-5-13-27-16-18)20-15-19(11-12-22(20)34-26)35(32,33)29-14-6-9-17-7-3-4-10-21(17)29/h3-5,7-8,10-13,15-16,23-24,30H,6,9,14H2,1-2H3,(H,28,31)/t23-,24+/m0/s1. The molecule has 35 heavy (non-hydrogen) atoms. The molecule has 5 rings (SSSR count). The zero-order valence-electron chi connectivity index (χ0n) is 19.5. The van der Waals surface area contributed by atoms with Gasteiger partial charge in [-0.25, -0.2) is 8.42 Å². The number of hydrogen-bond donors (Lipinski definition) is 2. The van der Waals surface area contributed by atoms with E-state index >= 15 is 0 Å². The SMILES string of the molecule is CC1(C)Oc2ccc(S(=O)(=O)N3CCCc4ccccc43)cc2[C@H](NC(=O)c2cccnc2)[C@H]1O. The third-order valence-corrected chi connectivity index (χ3v) is 8.39. The fourth-order valence-electron chi connectivity index (χ4n) is 4.69. The molecule has 0 spiro atoms. The molecule has 1 amide bonds. The Kier molecular flexibility index (Phi) is 5.77. The average molecular weight is 494 g/mol. The number of benzene rings is 2. The van der Waals surface area contributed by atoms with Crippen LogP contribution in [0.4, 0.5) is 5.69 Å². The number of fused-ring (bicyclic) bond motifs is 2. The molecule has 2 N–H and O–H groups in total. The molecule has 1 aromatic heterocycles. The van der Waals surface area contributed by atoms with E-state index in [4.69, 9.17) is 4.74 Å². The van der Waals surface area contributed by atoms with Crippen molar-refractivity contribution in [1.82, 2.24) is 10.3 Å². The summed E-state index contributed by atoms with van der Waals surface area (Å²) >= 11 is 0. The van der Waals surface area contributed by atoms with Crippen LogP contribution in [0, 0.1) is 0 Å². The Hall–Kier alpha value is -3.43. The Balaban J connectivity index is 1.55. The molecule has 0 saturated carbocycles. The van der Waals surface area contributed by atoms with Crippen LogP contribution in [0.5, 0.6) is 5.75 Å². The largest absolute Gasteiger partial charge is 0.485 e. The molecule has 0 fully saturated rings. The minimum atomic E-state index is -3.89. The number of pyridine rings is 1. The van der Waals surface area contributed by atoms with Crippen LogP contribution in [-0.2, 0) is 16.4 Å². The van der Waals surface area contributed by atoms with Gasteiger partial charge in [0.25, 0.3) is 15.9 Å². The molecule has 0 bridgehead atoms. The summed E-state index contributed by atoms with van der Waals surface area (Å²) in [6.07, 6.45) is 3.42. The summed E-state index contributed by atoms with van der Waals surface area (Å²) in [4.78, 5) is 17.0. The zero-order chi connectivity index (χ0) is 24.8. The van der Waals surface area contributed by atoms with Crippen LogP contribution in [0.15, 0.2) is 71.9 Å². The number of ether oxygens (including phenoxy) is 1. The molecule has 2 aliphatic rings. The molecule has 2 aromatic carbocycles. The zero-order valence-corrected chi connectivity index (χ0v) is 20.3. The van der Waals surface area contributed by atoms with Gasteiger partial charge in [-0.1, -0.05) is 18.2 Å². The first-order valence-corrected chi connectivity index (χ1v) is 12.9. The predicted molar refractivity (Wildman–Crippen MR) is 131 cm³/mol. The lowest BCUT2D eigenvalue weighted by Gasteiger charge is -2.42. The summed E-state index contributed by atoms with van der Waals surface area (Å²) in [5.74, 6) is -0.0150. The fraction of sp³-hybridized carbons (Fsp3) is 0.308. The quantitative estimate of drug-likeness (QED) is 0.578. The highest BCUT2D eigenvalue weighted by Crippen LogP contribution is 2.42. The van der Waals surface area contributed by atoms with Gasteiger partial charge in [-0.3, -0.25) is 14.1 Å². The Morgan fingerprint density at radius 2 is 1.97 bits per heavy atom. The lowest BCUT2D eigenvalue weighted by Crippen LogP contribution is -2.53. The van der Waals surface area contributed by atoms with Crippen LogP contribution in [0.25, 0.3) is 0 Å². The lowest BCUT2D eigenvalue weighted by atomic mass is 9.86. The van der Waals surface area contributed by atoms with Crippen LogP contribution in [0.3, 0.4) is 0 Å². The van der Waals surface area contributed by atoms with Crippen LogP contribution in [0.1, 0.15) is 47.8 Å². The van der Waals surface area contributed by atoms with Crippen molar-refractivity contribution in [2.24, 2.45) is 0 Å². The molecule has 3 aromatic rings. The van der Waals surface area contributed by atoms with Crippen LogP contribution < -0.4 is 14.4 Å². The average Bonchev–Trinajstić information content (AvgIpc) is 2.86. The second-order valence-corrected chi connectivity index (χ2v) is 11.2. The van der Waals surface area contributed by atoms with Crippen LogP contribution >= 0.6 is 0 Å². The van der Waals surface area contributed by atoms with Crippen molar-refractivity contribution in [3.05, 3.63) is 83.7 Å². The topological polar surface area (TPSA) is 109 Å². The number of sulfonamides is 1. The van der Waals surface area contributed by atoms with Crippen molar-refractivity contribution in [2.45, 2.75) is 49.3 Å². The smallest absolute Gasteiger partial charge is 0.264 e. The molecule has 0 saturated heterocycles. The lowest BCUT2D eigenvalue weighted by molar-refractivity contribution is -0.0628. The highest BCUT2D eigenvalue weighted by molar-refractivity contribution is 7.92. The van der Waals surface area contributed by atoms with Crippen LogP contribution in [-0.4, -0.2) is 42.7 Å². The van der Waals surface area contributed by atoms with E-state index in [9.17, 15) is 18.3 Å². The summed E-state index contributed by atoms with van der Waals surface area (Å²) < 4.78 is 34.9. The van der Waals surface area contributed by atoms with Gasteiger partial charge in [0, 0.05) is 24.5 Å². The monoisotopic (exact) mass is 493 g/mol. The number of aryl methyl sites for hydroxylation is 1. The molecular weight excluding hydrogens is 466 g/mol. The van der Waals surface area contributed by atoms with Gasteiger partial charge in [-0.15, -0.1) is 0 Å². The molecular formula is C26H27N3O5S. The minimum Gasteiger partial charge on any atom is -0.485 e. The van der Waals surface area contributed by atoms with Gasteiger partial charge in [-0.05, 0) is 68.7 Å². The van der Waals surface area contributed by atoms with Crippen LogP contribution in [0.2, 0.25) is 0 Å². The number of aliphatic hydroxyl groups is 1. The number of aromatic nitrogens is 1. The highest BCUT2D eigenvalue weighted by Gasteiger charge is 2.44. The first kappa shape index (κ1) is 23.3. The van der Waals surface area contributed by atoms with Gasteiger partial charge in [0.2, 0.25) is 0 Å². The summed E-state index contributed by atoms with van der Waals surface area (Å²) in [5.41, 5.74) is 1.39. The number of amides is 1. The second kappa shape index (κ2) is 8.66. The Labute approximate surface area is 204 Å². The van der Waals surface area contributed by atoms with E-state index in [-0.39, 0.29) is 4.90 Å². The second-order valence-electron chi connectivity index (χ2n) is 9.35. The van der Waals surface area contributed by atoms with Crippen molar-refractivity contribution in [1.29, 1.82) is 0 Å². The van der Waals surface area contributed by atoms with E-state index in [1.54, 1.807) is 38.2 Å². The third kappa shape index (κ3) is 4.15. The molecule has 0 radical (unpaired) electrons. The number of carbonyl (C=O) groups excluding carboxylic acids is 1. The maximum atomic E-state index is 13.7. The number of aliphatic hydroxyl groups excluding tert-OH is 1. The number of rotatable bonds is 4. The number of anilines is 1. The maximum Gasteiger partial charge on any atom is 0.264 e. The summed E-state index contributed by atoms with van der Waals surface area (Å²) in [7, 11) is -3.89. The Morgan fingerprint density at radius 1 is 1.17 bits per heavy atom. The van der Waals surface area contributed by atoms with Crippen molar-refractivity contribution < 1.29 is 23.1 Å². The molecule has 3 heterocycles. The Morgan fingerprint density at radius 3 is 2.74 bits per heavy atom. The van der Waals surface area contributed by atoms with Gasteiger partial charge >= 0.3 is 0 Å². The van der Waals surface area contributed by atoms with Crippen molar-refractivity contribution >= 4 is 21.6 Å². The molecule has 0 aliphatic carbocycles. The van der Waals surface area contributed by atoms with Crippen molar-refractivity contribution in [3.8, 4) is 5.75 Å². The van der Waals surface area contributed by atoms with Gasteiger partial charge < -0.3 is 15.2 Å². The first-order chi connectivity index (χ1) is 16.7. The molecule has 0 unspecified atom stereocenters. The molecule has 182 valence electrons. The Bertz CT molecular complexity index is 1370. The van der Waals surface area contributed by atoms with E-state index in [0.29, 0.717) is 29.1 Å². The highest BCUT2D eigenvalue weighted by atomic mass is 32.2. The molecule has 2 atom stereocenters. The first-order valence-electron chi connectivity index (χ1n) is 11.5. The molecule has 8 nitrogen and oxygen atoms in total. The molecule has 9 heteroatoms. The van der Waals surface area contributed by atoms with Crippen molar-refractivity contribution in [2.75, 3.05) is 10.8 Å². The van der Waals surface area contributed by atoms with E-state index in [2.05, 4.69) is 10.3 Å². The summed E-state index contributed by atoms with van der Waals surface area (Å²) in [5, 5.41) is 13.9. The number of nitrogens with zero attached hydrogens (tertiary/aromatic N) is 2. The number of para-hydroxylation sites is 1. The molecule has 2 aliphatic heterocycles. The van der Waals surface area contributed by atoms with Gasteiger partial charge in [0.05, 0.1) is 22.2 Å². The third-order valence-electron chi connectivity index (χ3n) is 6.58. The predicted octanol–water partition coefficient (Wildman–Crippen LogP) is 3.23. The van der Waals surface area contributed by atoms with E-state index in [1.807, 2.05) is 24.3 Å². The number of hydrogen-bond acceptors (Lipinski definition) is 6. The van der Waals surface area contributed by atoms with Gasteiger partial charge in [0.15, 0.2) is 0 Å². The van der Waals surface area contributed by atoms with E-state index < -0.39 is 33.7 Å². The van der Waals surface area contributed by atoms with Gasteiger partial charge in [0.1, 0.15) is 17.5 Å². The number of nitrogens with one attached hydrogen (secondary N) is 1. The number of carbonyl (C=O) groups is 1. The summed E-state index contributed by atoms with van der Waals surface area (Å²) in [6.45, 7) is 3.82.